The summed E-state index contributed by atoms with van der Waals surface area (Å²) in [6.07, 6.45) is -0.456. The number of aryl methyl sites for hydroxylation is 1. The van der Waals surface area contributed by atoms with E-state index in [2.05, 4.69) is 10.1 Å². The summed E-state index contributed by atoms with van der Waals surface area (Å²) in [7, 11) is -3.02. The first kappa shape index (κ1) is 9.26. The summed E-state index contributed by atoms with van der Waals surface area (Å²) in [6, 6.07) is 7.36. The molecule has 1 aromatic carbocycles. The van der Waals surface area contributed by atoms with E-state index in [1.165, 1.54) is 6.92 Å². The Balaban J connectivity index is 2.86. The lowest BCUT2D eigenvalue weighted by atomic mass is 10.0. The van der Waals surface area contributed by atoms with E-state index < -0.39 is 37.6 Å². The van der Waals surface area contributed by atoms with Gasteiger partial charge in [-0.1, -0.05) is 29.8 Å². The van der Waals surface area contributed by atoms with E-state index in [4.69, 9.17) is 6.85 Å². The van der Waals surface area contributed by atoms with Gasteiger partial charge in [-0.3, -0.25) is 4.79 Å². The van der Waals surface area contributed by atoms with Crippen LogP contribution in [0.5, 0.6) is 0 Å². The van der Waals surface area contributed by atoms with Gasteiger partial charge in [-0.15, -0.1) is 0 Å². The van der Waals surface area contributed by atoms with Gasteiger partial charge in [0, 0.05) is 20.0 Å². The summed E-state index contributed by atoms with van der Waals surface area (Å²) in [5, 5.41) is 2.53. The highest BCUT2D eigenvalue weighted by Gasteiger charge is 2.19. The number of nitrogens with one attached hydrogen (secondary N) is 1. The van der Waals surface area contributed by atoms with Crippen molar-refractivity contribution >= 4 is 11.7 Å². The second-order valence-electron chi connectivity index (χ2n) is 4.39. The molecule has 0 spiro atoms. The molecule has 1 aromatic rings. The molecule has 1 unspecified atom stereocenters. The van der Waals surface area contributed by atoms with Crippen LogP contribution in [0.1, 0.15) is 31.3 Å². The van der Waals surface area contributed by atoms with Crippen LogP contribution in [0.25, 0.3) is 0 Å². The molecule has 0 aromatic heterocycles. The summed E-state index contributed by atoms with van der Waals surface area (Å²) in [6.45, 7) is 0.436. The third-order valence-electron chi connectivity index (χ3n) is 2.56. The Morgan fingerprint density at radius 2 is 2.32 bits per heavy atom. The molecule has 1 rings (SSSR count). The van der Waals surface area contributed by atoms with Crippen LogP contribution in [-0.2, 0) is 20.9 Å². The topological polar surface area (TPSA) is 55.4 Å². The molecule has 104 valence electrons. The zero-order chi connectivity index (χ0) is 18.5. The fourth-order valence-corrected chi connectivity index (χ4v) is 1.68. The quantitative estimate of drug-likeness (QED) is 0.821. The molecular formula is C15H21NO3. The van der Waals surface area contributed by atoms with Crippen LogP contribution in [-0.4, -0.2) is 25.3 Å². The molecule has 0 radical (unpaired) electrons. The predicted molar refractivity (Wildman–Crippen MR) is 73.7 cm³/mol. The molecule has 0 saturated carbocycles. The maximum Gasteiger partial charge on any atom is 0.226 e. The minimum Gasteiger partial charge on any atom is -0.384 e. The maximum atomic E-state index is 12.3. The molecule has 0 saturated heterocycles. The average Bonchev–Trinajstić information content (AvgIpc) is 2.39. The number of ether oxygens (including phenoxy) is 1. The number of benzene rings is 1. The van der Waals surface area contributed by atoms with Crippen molar-refractivity contribution in [2.45, 2.75) is 26.8 Å². The zero-order valence-corrected chi connectivity index (χ0v) is 11.0. The molecule has 1 N–H and O–H groups in total. The van der Waals surface area contributed by atoms with Crippen molar-refractivity contribution in [3.8, 4) is 0 Å². The summed E-state index contributed by atoms with van der Waals surface area (Å²) in [5.74, 6) is -2.77. The highest BCUT2D eigenvalue weighted by Crippen LogP contribution is 2.07. The highest BCUT2D eigenvalue weighted by molar-refractivity contribution is 5.85. The Morgan fingerprint density at radius 3 is 2.95 bits per heavy atom. The molecule has 0 aliphatic carbocycles. The van der Waals surface area contributed by atoms with E-state index in [-0.39, 0.29) is 6.54 Å². The number of Topliss-reactive ketones (excluding diaryl/α,β-unsaturated/α-hetero) is 1. The normalized spacial score (nSPS) is 17.3. The fourth-order valence-electron chi connectivity index (χ4n) is 1.68. The van der Waals surface area contributed by atoms with Gasteiger partial charge in [-0.2, -0.15) is 0 Å². The van der Waals surface area contributed by atoms with Crippen molar-refractivity contribution in [2.75, 3.05) is 13.6 Å². The summed E-state index contributed by atoms with van der Waals surface area (Å²) in [4.78, 5) is 23.6. The van der Waals surface area contributed by atoms with Gasteiger partial charge < -0.3 is 14.8 Å². The molecule has 19 heavy (non-hydrogen) atoms. The summed E-state index contributed by atoms with van der Waals surface area (Å²) < 4.78 is 41.0. The van der Waals surface area contributed by atoms with Gasteiger partial charge in [0.15, 0.2) is 0 Å². The number of hydrogen-bond acceptors (Lipinski definition) is 3. The minimum absolute atomic E-state index is 0.138. The Hall–Kier alpha value is -1.68. The number of hydrogen-bond donors (Lipinski definition) is 1. The molecule has 0 aliphatic rings. The van der Waals surface area contributed by atoms with Gasteiger partial charge in [0.2, 0.25) is 5.91 Å². The summed E-state index contributed by atoms with van der Waals surface area (Å²) >= 11 is 0. The van der Waals surface area contributed by atoms with Gasteiger partial charge in [-0.25, -0.2) is 0 Å². The first-order valence-electron chi connectivity index (χ1n) is 8.43. The van der Waals surface area contributed by atoms with Crippen molar-refractivity contribution < 1.29 is 21.2 Å². The highest BCUT2D eigenvalue weighted by atomic mass is 16.5. The molecular weight excluding hydrogens is 242 g/mol. The van der Waals surface area contributed by atoms with E-state index in [9.17, 15) is 9.59 Å². The van der Waals surface area contributed by atoms with Crippen LogP contribution in [0, 0.1) is 12.8 Å². The van der Waals surface area contributed by atoms with E-state index in [1.54, 1.807) is 6.07 Å². The number of carbonyl (C=O) groups is 2. The van der Waals surface area contributed by atoms with E-state index in [0.29, 0.717) is 0 Å². The van der Waals surface area contributed by atoms with Crippen molar-refractivity contribution in [2.24, 2.45) is 5.92 Å². The number of carbonyl (C=O) groups excluding carboxylic acids is 2. The van der Waals surface area contributed by atoms with Crippen LogP contribution in [0.4, 0.5) is 0 Å². The Labute approximate surface area is 121 Å². The van der Waals surface area contributed by atoms with E-state index >= 15 is 0 Å². The first-order chi connectivity index (χ1) is 10.9. The lowest BCUT2D eigenvalue weighted by Gasteiger charge is -2.14. The monoisotopic (exact) mass is 268 g/mol. The van der Waals surface area contributed by atoms with Crippen molar-refractivity contribution in [3.63, 3.8) is 0 Å². The van der Waals surface area contributed by atoms with Crippen molar-refractivity contribution in [3.05, 3.63) is 35.4 Å². The third-order valence-corrected chi connectivity index (χ3v) is 2.56. The van der Waals surface area contributed by atoms with Gasteiger partial charge >= 0.3 is 0 Å². The van der Waals surface area contributed by atoms with Gasteiger partial charge in [0.1, 0.15) is 5.78 Å². The maximum absolute atomic E-state index is 12.3. The number of ketones is 1. The molecule has 4 heteroatoms. The van der Waals surface area contributed by atoms with Crippen molar-refractivity contribution in [1.29, 1.82) is 0 Å². The number of rotatable bonds is 7. The largest absolute Gasteiger partial charge is 0.384 e. The molecule has 1 amide bonds. The molecule has 1 atom stereocenters. The molecule has 4 nitrogen and oxygen atoms in total. The van der Waals surface area contributed by atoms with Gasteiger partial charge in [0.25, 0.3) is 0 Å². The zero-order valence-electron chi connectivity index (χ0n) is 16.0. The predicted octanol–water partition coefficient (Wildman–Crippen LogP) is 1.85. The van der Waals surface area contributed by atoms with Crippen LogP contribution in [0.15, 0.2) is 24.3 Å². The second kappa shape index (κ2) is 7.69. The number of amides is 1. The van der Waals surface area contributed by atoms with Crippen LogP contribution in [0.2, 0.25) is 0 Å². The van der Waals surface area contributed by atoms with Gasteiger partial charge in [0.05, 0.1) is 19.3 Å². The van der Waals surface area contributed by atoms with E-state index in [1.807, 2.05) is 25.1 Å². The van der Waals surface area contributed by atoms with Crippen LogP contribution in [0.3, 0.4) is 0 Å². The standard InChI is InChI=1S/C15H21NO3/c1-11-5-4-6-13(7-11)9-16-15(18)14(10-19-3)8-12(2)17/h4-7,14H,8-10H2,1-3H3,(H,16,18)/i3D3,10D2. The SMILES string of the molecule is [2H]C([2H])([2H])OC([2H])([2H])C(CC(C)=O)C(=O)NCc1cccc(C)c1. The first-order valence-corrected chi connectivity index (χ1v) is 5.93. The van der Waals surface area contributed by atoms with Crippen LogP contribution >= 0.6 is 0 Å². The molecule has 0 aliphatic heterocycles. The smallest absolute Gasteiger partial charge is 0.226 e. The Bertz CT molecular complexity index is 601. The second-order valence-corrected chi connectivity index (χ2v) is 4.39. The van der Waals surface area contributed by atoms with Crippen molar-refractivity contribution in [1.82, 2.24) is 5.32 Å². The molecule has 0 fully saturated rings. The van der Waals surface area contributed by atoms with Gasteiger partial charge in [-0.05, 0) is 19.4 Å². The summed E-state index contributed by atoms with van der Waals surface area (Å²) in [5.41, 5.74) is 1.81. The lowest BCUT2D eigenvalue weighted by Crippen LogP contribution is -2.33. The molecule has 0 bridgehead atoms. The Kier molecular flexibility index (Phi) is 3.75. The van der Waals surface area contributed by atoms with E-state index in [0.717, 1.165) is 11.1 Å². The fraction of sp³-hybridized carbons (Fsp3) is 0.467. The lowest BCUT2D eigenvalue weighted by molar-refractivity contribution is -0.130. The van der Waals surface area contributed by atoms with Crippen LogP contribution < -0.4 is 5.32 Å². The third kappa shape index (κ3) is 5.66. The molecule has 0 heterocycles. The minimum atomic E-state index is -3.02. The Morgan fingerprint density at radius 1 is 1.53 bits per heavy atom. The number of methoxy groups -OCH3 is 1. The average molecular weight is 268 g/mol.